The third kappa shape index (κ3) is 4.07. The van der Waals surface area contributed by atoms with E-state index in [-0.39, 0.29) is 23.3 Å². The first kappa shape index (κ1) is 17.4. The van der Waals surface area contributed by atoms with Gasteiger partial charge in [-0.05, 0) is 63.1 Å². The Hall–Kier alpha value is -1.96. The van der Waals surface area contributed by atoms with Gasteiger partial charge in [-0.15, -0.1) is 0 Å². The van der Waals surface area contributed by atoms with E-state index in [9.17, 15) is 10.2 Å². The van der Waals surface area contributed by atoms with Gasteiger partial charge in [-0.25, -0.2) is 0 Å². The molecule has 0 radical (unpaired) electrons. The molecular weight excluding hydrogens is 284 g/mol. The Labute approximate surface area is 139 Å². The Bertz CT molecular complexity index is 614. The minimum Gasteiger partial charge on any atom is -0.507 e. The summed E-state index contributed by atoms with van der Waals surface area (Å²) in [6.45, 7) is 10.3. The SMILES string of the molecule is C=C(C)[C@@H]1CCC(C)=C[C@H]1c1c(O)cc(C/C=C/CC)cc1O. The zero-order chi connectivity index (χ0) is 17.0. The molecule has 124 valence electrons. The van der Waals surface area contributed by atoms with Crippen LogP contribution in [0.5, 0.6) is 11.5 Å². The zero-order valence-corrected chi connectivity index (χ0v) is 14.5. The lowest BCUT2D eigenvalue weighted by molar-refractivity contribution is 0.406. The number of rotatable bonds is 5. The van der Waals surface area contributed by atoms with E-state index < -0.39 is 0 Å². The molecule has 0 bridgehead atoms. The maximum absolute atomic E-state index is 10.5. The normalized spacial score (nSPS) is 21.4. The molecule has 0 aliphatic heterocycles. The summed E-state index contributed by atoms with van der Waals surface area (Å²) in [6, 6.07) is 3.56. The van der Waals surface area contributed by atoms with Crippen molar-refractivity contribution < 1.29 is 10.2 Å². The second kappa shape index (κ2) is 7.54. The van der Waals surface area contributed by atoms with Crippen LogP contribution >= 0.6 is 0 Å². The minimum absolute atomic E-state index is 0.00137. The highest BCUT2D eigenvalue weighted by atomic mass is 16.3. The topological polar surface area (TPSA) is 40.5 Å². The molecule has 0 saturated carbocycles. The van der Waals surface area contributed by atoms with Crippen LogP contribution in [-0.2, 0) is 6.42 Å². The highest BCUT2D eigenvalue weighted by Crippen LogP contribution is 2.46. The average Bonchev–Trinajstić information content (AvgIpc) is 2.46. The predicted molar refractivity (Wildman–Crippen MR) is 96.9 cm³/mol. The molecule has 2 heteroatoms. The van der Waals surface area contributed by atoms with E-state index in [2.05, 4.69) is 38.7 Å². The van der Waals surface area contributed by atoms with Gasteiger partial charge in [-0.1, -0.05) is 42.9 Å². The predicted octanol–water partition coefficient (Wildman–Crippen LogP) is 5.62. The van der Waals surface area contributed by atoms with Crippen LogP contribution in [0.4, 0.5) is 0 Å². The Morgan fingerprint density at radius 1 is 1.26 bits per heavy atom. The number of benzene rings is 1. The highest BCUT2D eigenvalue weighted by molar-refractivity contribution is 5.52. The molecule has 0 amide bonds. The summed E-state index contributed by atoms with van der Waals surface area (Å²) in [6.07, 6.45) is 10.1. The van der Waals surface area contributed by atoms with Gasteiger partial charge in [0, 0.05) is 11.5 Å². The second-order valence-electron chi connectivity index (χ2n) is 6.66. The molecule has 0 spiro atoms. The van der Waals surface area contributed by atoms with Gasteiger partial charge < -0.3 is 10.2 Å². The molecule has 0 unspecified atom stereocenters. The number of allylic oxidation sites excluding steroid dienone is 5. The molecule has 0 saturated heterocycles. The Morgan fingerprint density at radius 3 is 2.48 bits per heavy atom. The van der Waals surface area contributed by atoms with Gasteiger partial charge in [0.1, 0.15) is 11.5 Å². The van der Waals surface area contributed by atoms with Gasteiger partial charge in [0.15, 0.2) is 0 Å². The first-order valence-corrected chi connectivity index (χ1v) is 8.46. The summed E-state index contributed by atoms with van der Waals surface area (Å²) in [5.41, 5.74) is 3.98. The van der Waals surface area contributed by atoms with E-state index in [1.807, 2.05) is 6.92 Å². The molecule has 2 atom stereocenters. The van der Waals surface area contributed by atoms with Crippen LogP contribution in [0.25, 0.3) is 0 Å². The third-order valence-electron chi connectivity index (χ3n) is 4.67. The molecule has 2 N–H and O–H groups in total. The molecule has 23 heavy (non-hydrogen) atoms. The minimum atomic E-state index is 0.00137. The summed E-state index contributed by atoms with van der Waals surface area (Å²) in [4.78, 5) is 0. The van der Waals surface area contributed by atoms with Crippen molar-refractivity contribution in [1.29, 1.82) is 0 Å². The molecule has 0 heterocycles. The van der Waals surface area contributed by atoms with Gasteiger partial charge in [0.05, 0.1) is 0 Å². The van der Waals surface area contributed by atoms with E-state index in [0.29, 0.717) is 5.56 Å². The van der Waals surface area contributed by atoms with Crippen molar-refractivity contribution in [3.8, 4) is 11.5 Å². The van der Waals surface area contributed by atoms with Crippen LogP contribution < -0.4 is 0 Å². The maximum Gasteiger partial charge on any atom is 0.123 e. The maximum atomic E-state index is 10.5. The fraction of sp³-hybridized carbons (Fsp3) is 0.429. The molecule has 2 nitrogen and oxygen atoms in total. The lowest BCUT2D eigenvalue weighted by atomic mass is 9.73. The van der Waals surface area contributed by atoms with E-state index in [4.69, 9.17) is 0 Å². The van der Waals surface area contributed by atoms with Crippen molar-refractivity contribution in [3.05, 3.63) is 59.2 Å². The fourth-order valence-electron chi connectivity index (χ4n) is 3.43. The summed E-state index contributed by atoms with van der Waals surface area (Å²) >= 11 is 0. The van der Waals surface area contributed by atoms with Crippen molar-refractivity contribution in [2.45, 2.75) is 52.4 Å². The Morgan fingerprint density at radius 2 is 1.91 bits per heavy atom. The van der Waals surface area contributed by atoms with Crippen molar-refractivity contribution in [2.24, 2.45) is 5.92 Å². The fourth-order valence-corrected chi connectivity index (χ4v) is 3.43. The molecule has 1 aromatic rings. The van der Waals surface area contributed by atoms with Crippen molar-refractivity contribution >= 4 is 0 Å². The number of phenols is 2. The number of aromatic hydroxyl groups is 2. The van der Waals surface area contributed by atoms with Gasteiger partial charge in [-0.2, -0.15) is 0 Å². The van der Waals surface area contributed by atoms with Crippen LogP contribution in [0.15, 0.2) is 48.1 Å². The Kier molecular flexibility index (Phi) is 5.70. The zero-order valence-electron chi connectivity index (χ0n) is 14.5. The highest BCUT2D eigenvalue weighted by Gasteiger charge is 2.29. The molecule has 2 rings (SSSR count). The summed E-state index contributed by atoms with van der Waals surface area (Å²) < 4.78 is 0. The van der Waals surface area contributed by atoms with Crippen LogP contribution in [0.2, 0.25) is 0 Å². The lowest BCUT2D eigenvalue weighted by Crippen LogP contribution is -2.17. The van der Waals surface area contributed by atoms with Crippen LogP contribution in [0.1, 0.15) is 57.1 Å². The van der Waals surface area contributed by atoms with Crippen LogP contribution in [0.3, 0.4) is 0 Å². The van der Waals surface area contributed by atoms with E-state index in [1.165, 1.54) is 5.57 Å². The number of hydrogen-bond acceptors (Lipinski definition) is 2. The van der Waals surface area contributed by atoms with E-state index in [0.717, 1.165) is 36.8 Å². The van der Waals surface area contributed by atoms with Crippen molar-refractivity contribution in [3.63, 3.8) is 0 Å². The number of hydrogen-bond donors (Lipinski definition) is 2. The largest absolute Gasteiger partial charge is 0.507 e. The quantitative estimate of drug-likeness (QED) is 0.692. The first-order chi connectivity index (χ1) is 10.9. The summed E-state index contributed by atoms with van der Waals surface area (Å²) in [7, 11) is 0. The smallest absolute Gasteiger partial charge is 0.123 e. The monoisotopic (exact) mass is 312 g/mol. The first-order valence-electron chi connectivity index (χ1n) is 8.46. The molecule has 0 aromatic heterocycles. The molecule has 1 aromatic carbocycles. The third-order valence-corrected chi connectivity index (χ3v) is 4.67. The molecule has 0 fully saturated rings. The standard InChI is InChI=1S/C21H28O2/c1-5-6-7-8-16-12-19(22)21(20(23)13-16)18-11-15(4)9-10-17(18)14(2)3/h6-7,11-13,17-18,22-23H,2,5,8-10H2,1,3-4H3/b7-6+/t17-,18+/m0/s1. The van der Waals surface area contributed by atoms with Crippen LogP contribution in [-0.4, -0.2) is 10.2 Å². The van der Waals surface area contributed by atoms with Crippen molar-refractivity contribution in [2.75, 3.05) is 0 Å². The Balaban J connectivity index is 2.39. The van der Waals surface area contributed by atoms with E-state index >= 15 is 0 Å². The molecule has 1 aliphatic rings. The average molecular weight is 312 g/mol. The summed E-state index contributed by atoms with van der Waals surface area (Å²) in [5, 5.41) is 21.0. The molecule has 1 aliphatic carbocycles. The van der Waals surface area contributed by atoms with E-state index in [1.54, 1.807) is 12.1 Å². The van der Waals surface area contributed by atoms with Crippen molar-refractivity contribution in [1.82, 2.24) is 0 Å². The second-order valence-corrected chi connectivity index (χ2v) is 6.66. The van der Waals surface area contributed by atoms with Crippen LogP contribution in [0, 0.1) is 5.92 Å². The molecular formula is C21H28O2. The van der Waals surface area contributed by atoms with Gasteiger partial charge in [0.25, 0.3) is 0 Å². The summed E-state index contributed by atoms with van der Waals surface area (Å²) in [5.74, 6) is 0.641. The van der Waals surface area contributed by atoms with Gasteiger partial charge in [-0.3, -0.25) is 0 Å². The van der Waals surface area contributed by atoms with Gasteiger partial charge in [0.2, 0.25) is 0 Å². The lowest BCUT2D eigenvalue weighted by Gasteiger charge is -2.31. The number of phenolic OH excluding ortho intramolecular Hbond substituents is 2. The van der Waals surface area contributed by atoms with Gasteiger partial charge >= 0.3 is 0 Å².